The molecule has 2 aliphatic rings. The van der Waals surface area contributed by atoms with Crippen LogP contribution in [0.25, 0.3) is 43.2 Å². The van der Waals surface area contributed by atoms with Crippen LogP contribution in [0.15, 0.2) is 22.9 Å². The highest BCUT2D eigenvalue weighted by Crippen LogP contribution is 2.49. The maximum absolute atomic E-state index is 13.2. The largest absolute Gasteiger partial charge is 0.756 e. The molecule has 6 rings (SSSR count). The van der Waals surface area contributed by atoms with Crippen LogP contribution in [0.4, 0.5) is 23.5 Å². The van der Waals surface area contributed by atoms with Crippen LogP contribution in [0.5, 0.6) is 0 Å². The highest BCUT2D eigenvalue weighted by molar-refractivity contribution is 7.45. The summed E-state index contributed by atoms with van der Waals surface area (Å²) in [5.74, 6) is -1.27. The molecule has 0 aromatic carbocycles. The molecule has 10 unspecified atom stereocenters. The molecule has 4 aromatic heterocycles. The van der Waals surface area contributed by atoms with E-state index in [0.29, 0.717) is 0 Å². The first kappa shape index (κ1) is 36.1. The SMILES string of the molecule is [N-]=[N+]=Nc1nc2c(N)ncnc2n1C1OC(COP(=O)([O-])OC2C(O)C(COP(=O)([O-])O)OC2n2c(N=[N+]=[N-])nc3c(N)ncnc32)C(O)C1O. The predicted octanol–water partition coefficient (Wildman–Crippen LogP) is -2.06. The molecule has 0 amide bonds. The number of nitrogens with zero attached hydrogens (tertiary/aromatic N) is 14. The first-order valence-corrected chi connectivity index (χ1v) is 16.8. The topological polar surface area (TPSA) is 444 Å². The van der Waals surface area contributed by atoms with E-state index in [1.165, 1.54) is 0 Å². The standard InChI is InChI=1S/C20H24N16O13P2/c21-13-7-15(27-3-25-13)35(19(29-7)31-33-23)17-11(39)9(37)5(47-17)2-46-51(43,44)49-12-10(38)6(1-45-50(40,41)42)48-18(12)36-16-8(14(22)26-4-28-16)30-20(36)32-34-24/h3-6,9-12,17-18,37-39H,1-2H2,(H,43,44)(H2,21,25,27)(H2,22,26,28)(H2,40,41,42)/p-2. The van der Waals surface area contributed by atoms with Crippen molar-refractivity contribution in [2.24, 2.45) is 10.2 Å². The lowest BCUT2D eigenvalue weighted by atomic mass is 10.1. The molecule has 0 radical (unpaired) electrons. The number of imidazole rings is 2. The van der Waals surface area contributed by atoms with Crippen molar-refractivity contribution in [1.29, 1.82) is 0 Å². The summed E-state index contributed by atoms with van der Waals surface area (Å²) in [4.78, 5) is 62.3. The van der Waals surface area contributed by atoms with Gasteiger partial charge in [0, 0.05) is 9.82 Å². The summed E-state index contributed by atoms with van der Waals surface area (Å²) in [6.07, 6.45) is -12.5. The van der Waals surface area contributed by atoms with Crippen LogP contribution in [-0.4, -0.2) is 109 Å². The van der Waals surface area contributed by atoms with Gasteiger partial charge in [-0.2, -0.15) is 0 Å². The number of hydrogen-bond acceptors (Lipinski definition) is 22. The lowest BCUT2D eigenvalue weighted by Gasteiger charge is -2.31. The van der Waals surface area contributed by atoms with Crippen molar-refractivity contribution in [2.45, 2.75) is 49.1 Å². The summed E-state index contributed by atoms with van der Waals surface area (Å²) in [5.41, 5.74) is 29.3. The Morgan fingerprint density at radius 3 is 1.84 bits per heavy atom. The molecule has 2 aliphatic heterocycles. The van der Waals surface area contributed by atoms with Gasteiger partial charge in [0.2, 0.25) is 11.9 Å². The lowest BCUT2D eigenvalue weighted by molar-refractivity contribution is -0.237. The number of azide groups is 2. The molecule has 29 nitrogen and oxygen atoms in total. The van der Waals surface area contributed by atoms with Gasteiger partial charge in [-0.3, -0.25) is 18.3 Å². The fraction of sp³-hybridized carbons (Fsp3) is 0.500. The van der Waals surface area contributed by atoms with Crippen LogP contribution in [0.1, 0.15) is 12.5 Å². The van der Waals surface area contributed by atoms with Crippen molar-refractivity contribution in [3.05, 3.63) is 33.5 Å². The molecule has 4 aromatic rings. The number of nitrogens with two attached hydrogens (primary N) is 2. The van der Waals surface area contributed by atoms with E-state index in [2.05, 4.69) is 54.5 Å². The molecule has 272 valence electrons. The molecular formula is C20H22N16O13P2-2. The highest BCUT2D eigenvalue weighted by atomic mass is 31.2. The molecule has 10 atom stereocenters. The number of aromatic nitrogens is 8. The molecule has 8 N–H and O–H groups in total. The van der Waals surface area contributed by atoms with E-state index >= 15 is 0 Å². The first-order valence-electron chi connectivity index (χ1n) is 13.9. The molecule has 0 saturated carbocycles. The van der Waals surface area contributed by atoms with Gasteiger partial charge in [-0.1, -0.05) is 0 Å². The molecule has 0 bridgehead atoms. The average molecular weight is 756 g/mol. The van der Waals surface area contributed by atoms with Crippen LogP contribution in [0.2, 0.25) is 0 Å². The molecule has 2 saturated heterocycles. The van der Waals surface area contributed by atoms with Crippen molar-refractivity contribution in [2.75, 3.05) is 24.7 Å². The predicted molar refractivity (Wildman–Crippen MR) is 157 cm³/mol. The number of phosphoric acid groups is 2. The van der Waals surface area contributed by atoms with Crippen LogP contribution >= 0.6 is 15.6 Å². The van der Waals surface area contributed by atoms with Crippen LogP contribution < -0.4 is 21.3 Å². The number of aliphatic hydroxyl groups excluding tert-OH is 3. The van der Waals surface area contributed by atoms with Crippen molar-refractivity contribution < 1.29 is 62.2 Å². The van der Waals surface area contributed by atoms with E-state index in [-0.39, 0.29) is 34.0 Å². The second kappa shape index (κ2) is 13.8. The van der Waals surface area contributed by atoms with Gasteiger partial charge < -0.3 is 64.5 Å². The molecule has 0 spiro atoms. The third-order valence-corrected chi connectivity index (χ3v) is 8.89. The number of aliphatic hydroxyl groups is 3. The zero-order chi connectivity index (χ0) is 36.8. The Bertz CT molecular complexity index is 2170. The van der Waals surface area contributed by atoms with E-state index in [1.54, 1.807) is 0 Å². The van der Waals surface area contributed by atoms with Gasteiger partial charge in [0.1, 0.15) is 49.3 Å². The maximum Gasteiger partial charge on any atom is 0.268 e. The molecule has 0 aliphatic carbocycles. The Balaban J connectivity index is 1.26. The fourth-order valence-corrected chi connectivity index (χ4v) is 6.54. The monoisotopic (exact) mass is 756 g/mol. The Kier molecular flexibility index (Phi) is 9.79. The number of ether oxygens (including phenoxy) is 2. The quantitative estimate of drug-likeness (QED) is 0.0391. The van der Waals surface area contributed by atoms with E-state index in [4.69, 9.17) is 45.9 Å². The maximum atomic E-state index is 13.2. The zero-order valence-corrected chi connectivity index (χ0v) is 26.7. The summed E-state index contributed by atoms with van der Waals surface area (Å²) < 4.78 is 52.0. The Labute approximate surface area is 280 Å². The second-order valence-corrected chi connectivity index (χ2v) is 13.0. The number of rotatable bonds is 12. The summed E-state index contributed by atoms with van der Waals surface area (Å²) in [5, 5.41) is 39.4. The molecule has 51 heavy (non-hydrogen) atoms. The second-order valence-electron chi connectivity index (χ2n) is 10.5. The third-order valence-electron chi connectivity index (χ3n) is 7.45. The minimum absolute atomic E-state index is 0.0431. The summed E-state index contributed by atoms with van der Waals surface area (Å²) in [6, 6.07) is 0. The van der Waals surface area contributed by atoms with E-state index in [9.17, 15) is 34.2 Å². The van der Waals surface area contributed by atoms with E-state index in [0.717, 1.165) is 21.8 Å². The van der Waals surface area contributed by atoms with Crippen molar-refractivity contribution in [1.82, 2.24) is 39.0 Å². The highest BCUT2D eigenvalue weighted by Gasteiger charge is 2.50. The normalized spacial score (nSPS) is 28.7. The van der Waals surface area contributed by atoms with Crippen LogP contribution in [-0.2, 0) is 32.2 Å². The van der Waals surface area contributed by atoms with Crippen molar-refractivity contribution in [3.63, 3.8) is 0 Å². The Morgan fingerprint density at radius 2 is 1.31 bits per heavy atom. The number of anilines is 2. The summed E-state index contributed by atoms with van der Waals surface area (Å²) >= 11 is 0. The van der Waals surface area contributed by atoms with Crippen molar-refractivity contribution >= 4 is 61.5 Å². The average Bonchev–Trinajstić information content (AvgIpc) is 3.78. The number of fused-ring (bicyclic) bond motifs is 2. The summed E-state index contributed by atoms with van der Waals surface area (Å²) in [6.45, 7) is -2.08. The smallest absolute Gasteiger partial charge is 0.268 e. The number of hydrogen-bond donors (Lipinski definition) is 6. The Hall–Kier alpha value is -4.66. The van der Waals surface area contributed by atoms with E-state index in [1.807, 2.05) is 0 Å². The van der Waals surface area contributed by atoms with E-state index < -0.39 is 89.8 Å². The van der Waals surface area contributed by atoms with Gasteiger partial charge in [-0.05, 0) is 21.3 Å². The lowest BCUT2D eigenvalue weighted by Crippen LogP contribution is -2.37. The van der Waals surface area contributed by atoms with Crippen LogP contribution in [0, 0.1) is 0 Å². The minimum atomic E-state index is -5.63. The molecule has 6 heterocycles. The van der Waals surface area contributed by atoms with Crippen LogP contribution in [0.3, 0.4) is 0 Å². The summed E-state index contributed by atoms with van der Waals surface area (Å²) in [7, 11) is -11.0. The van der Waals surface area contributed by atoms with Gasteiger partial charge in [0.05, 0.1) is 13.2 Å². The Morgan fingerprint density at radius 1 is 0.824 bits per heavy atom. The van der Waals surface area contributed by atoms with Crippen molar-refractivity contribution in [3.8, 4) is 0 Å². The first-order chi connectivity index (χ1) is 24.1. The number of phosphoric ester groups is 2. The van der Waals surface area contributed by atoms with Gasteiger partial charge in [-0.15, -0.1) is 0 Å². The minimum Gasteiger partial charge on any atom is -0.756 e. The molecule has 2 fully saturated rings. The number of nitrogen functional groups attached to an aromatic ring is 2. The zero-order valence-electron chi connectivity index (χ0n) is 25.0. The molecular weight excluding hydrogens is 734 g/mol. The third kappa shape index (κ3) is 7.00. The van der Waals surface area contributed by atoms with Gasteiger partial charge in [0.15, 0.2) is 46.4 Å². The van der Waals surface area contributed by atoms with Gasteiger partial charge in [-0.25, -0.2) is 29.9 Å². The van der Waals surface area contributed by atoms with Gasteiger partial charge in [0.25, 0.3) is 15.6 Å². The molecule has 31 heteroatoms. The fourth-order valence-electron chi connectivity index (χ4n) is 5.29. The van der Waals surface area contributed by atoms with Gasteiger partial charge >= 0.3 is 0 Å².